The molecule has 3 heteroatoms. The highest BCUT2D eigenvalue weighted by atomic mass is 35.5. The van der Waals surface area contributed by atoms with E-state index in [1.807, 2.05) is 6.07 Å². The van der Waals surface area contributed by atoms with E-state index in [2.05, 4.69) is 31.0 Å². The van der Waals surface area contributed by atoms with Crippen molar-refractivity contribution < 1.29 is 0 Å². The largest absolute Gasteiger partial charge is 0.159 e. The van der Waals surface area contributed by atoms with E-state index in [1.165, 1.54) is 5.56 Å². The van der Waals surface area contributed by atoms with Gasteiger partial charge in [-0.2, -0.15) is 10.2 Å². The van der Waals surface area contributed by atoms with E-state index in [0.29, 0.717) is 5.88 Å². The second-order valence-corrected chi connectivity index (χ2v) is 4.04. The van der Waals surface area contributed by atoms with Gasteiger partial charge in [0.15, 0.2) is 0 Å². The summed E-state index contributed by atoms with van der Waals surface area (Å²) in [6.45, 7) is 6.42. The maximum absolute atomic E-state index is 5.74. The lowest BCUT2D eigenvalue weighted by atomic mass is 9.86. The second kappa shape index (κ2) is 3.40. The van der Waals surface area contributed by atoms with Crippen LogP contribution in [0.1, 0.15) is 32.0 Å². The third-order valence-electron chi connectivity index (χ3n) is 1.73. The van der Waals surface area contributed by atoms with Crippen LogP contribution in [-0.4, -0.2) is 10.2 Å². The fourth-order valence-electron chi connectivity index (χ4n) is 1.14. The molecular weight excluding hydrogens is 172 g/mol. The summed E-state index contributed by atoms with van der Waals surface area (Å²) in [5, 5.41) is 7.78. The minimum absolute atomic E-state index is 0.0974. The smallest absolute Gasteiger partial charge is 0.0815 e. The van der Waals surface area contributed by atoms with Gasteiger partial charge in [-0.05, 0) is 17.0 Å². The number of alkyl halides is 1. The molecule has 1 aromatic rings. The van der Waals surface area contributed by atoms with Crippen molar-refractivity contribution in [3.63, 3.8) is 0 Å². The predicted molar refractivity (Wildman–Crippen MR) is 50.3 cm³/mol. The minimum atomic E-state index is 0.0974. The van der Waals surface area contributed by atoms with Gasteiger partial charge in [-0.3, -0.25) is 0 Å². The van der Waals surface area contributed by atoms with Crippen molar-refractivity contribution in [1.29, 1.82) is 0 Å². The molecule has 2 nitrogen and oxygen atoms in total. The molecule has 0 fully saturated rings. The van der Waals surface area contributed by atoms with Crippen LogP contribution in [0.25, 0.3) is 0 Å². The molecule has 66 valence electrons. The summed E-state index contributed by atoms with van der Waals surface area (Å²) < 4.78 is 0. The molecule has 0 N–H and O–H groups in total. The zero-order valence-electron chi connectivity index (χ0n) is 7.63. The van der Waals surface area contributed by atoms with Gasteiger partial charge in [-0.1, -0.05) is 20.8 Å². The van der Waals surface area contributed by atoms with E-state index in [-0.39, 0.29) is 5.41 Å². The highest BCUT2D eigenvalue weighted by molar-refractivity contribution is 6.17. The zero-order chi connectivity index (χ0) is 9.19. The Kier molecular flexibility index (Phi) is 2.68. The molecule has 0 amide bonds. The Morgan fingerprint density at radius 1 is 1.42 bits per heavy atom. The Morgan fingerprint density at radius 2 is 2.08 bits per heavy atom. The van der Waals surface area contributed by atoms with E-state index in [9.17, 15) is 0 Å². The van der Waals surface area contributed by atoms with Gasteiger partial charge in [0, 0.05) is 6.20 Å². The molecule has 0 saturated heterocycles. The van der Waals surface area contributed by atoms with Crippen LogP contribution in [0.15, 0.2) is 12.3 Å². The van der Waals surface area contributed by atoms with Crippen LogP contribution < -0.4 is 0 Å². The van der Waals surface area contributed by atoms with Gasteiger partial charge in [0.2, 0.25) is 0 Å². The molecule has 0 aliphatic carbocycles. The van der Waals surface area contributed by atoms with Gasteiger partial charge in [-0.25, -0.2) is 0 Å². The lowest BCUT2D eigenvalue weighted by Crippen LogP contribution is -2.15. The molecule has 0 atom stereocenters. The molecule has 1 aromatic heterocycles. The molecule has 1 rings (SSSR count). The number of nitrogens with zero attached hydrogens (tertiary/aromatic N) is 2. The van der Waals surface area contributed by atoms with Crippen molar-refractivity contribution in [3.8, 4) is 0 Å². The predicted octanol–water partition coefficient (Wildman–Crippen LogP) is 2.51. The monoisotopic (exact) mass is 184 g/mol. The summed E-state index contributed by atoms with van der Waals surface area (Å²) in [5.41, 5.74) is 2.15. The topological polar surface area (TPSA) is 25.8 Å². The van der Waals surface area contributed by atoms with Gasteiger partial charge in [0.05, 0.1) is 11.6 Å². The van der Waals surface area contributed by atoms with Crippen LogP contribution >= 0.6 is 11.6 Å². The first-order valence-electron chi connectivity index (χ1n) is 3.92. The van der Waals surface area contributed by atoms with Crippen molar-refractivity contribution in [3.05, 3.63) is 23.5 Å². The maximum Gasteiger partial charge on any atom is 0.0815 e. The first-order chi connectivity index (χ1) is 5.55. The van der Waals surface area contributed by atoms with Gasteiger partial charge < -0.3 is 0 Å². The van der Waals surface area contributed by atoms with Gasteiger partial charge >= 0.3 is 0 Å². The molecule has 0 aliphatic heterocycles. The summed E-state index contributed by atoms with van der Waals surface area (Å²) >= 11 is 5.74. The number of hydrogen-bond acceptors (Lipinski definition) is 2. The molecule has 0 bridgehead atoms. The molecule has 0 spiro atoms. The summed E-state index contributed by atoms with van der Waals surface area (Å²) in [5.74, 6) is 0.431. The van der Waals surface area contributed by atoms with E-state index in [4.69, 9.17) is 11.6 Å². The Hall–Kier alpha value is -0.630. The van der Waals surface area contributed by atoms with Crippen molar-refractivity contribution in [2.24, 2.45) is 0 Å². The SMILES string of the molecule is CC(C)(C)c1ccnnc1CCl. The second-order valence-electron chi connectivity index (χ2n) is 3.78. The fourth-order valence-corrected chi connectivity index (χ4v) is 1.34. The molecule has 0 aliphatic rings. The van der Waals surface area contributed by atoms with Gasteiger partial charge in [0.1, 0.15) is 0 Å². The first kappa shape index (κ1) is 9.46. The third-order valence-corrected chi connectivity index (χ3v) is 1.98. The van der Waals surface area contributed by atoms with Gasteiger partial charge in [0.25, 0.3) is 0 Å². The van der Waals surface area contributed by atoms with E-state index in [1.54, 1.807) is 6.20 Å². The standard InChI is InChI=1S/C9H13ClN2/c1-9(2,3)7-4-5-11-12-8(7)6-10/h4-5H,6H2,1-3H3. The van der Waals surface area contributed by atoms with Gasteiger partial charge in [-0.15, -0.1) is 11.6 Å². The Labute approximate surface area is 78.0 Å². The van der Waals surface area contributed by atoms with Crippen molar-refractivity contribution in [2.75, 3.05) is 0 Å². The Balaban J connectivity index is 3.14. The lowest BCUT2D eigenvalue weighted by Gasteiger charge is -2.20. The Bertz CT molecular complexity index is 265. The summed E-state index contributed by atoms with van der Waals surface area (Å²) in [4.78, 5) is 0. The quantitative estimate of drug-likeness (QED) is 0.627. The number of aromatic nitrogens is 2. The summed E-state index contributed by atoms with van der Waals surface area (Å²) in [6.07, 6.45) is 1.70. The summed E-state index contributed by atoms with van der Waals surface area (Å²) in [6, 6.07) is 1.98. The van der Waals surface area contributed by atoms with Crippen LogP contribution in [-0.2, 0) is 11.3 Å². The highest BCUT2D eigenvalue weighted by Gasteiger charge is 2.17. The number of rotatable bonds is 1. The highest BCUT2D eigenvalue weighted by Crippen LogP contribution is 2.24. The molecule has 12 heavy (non-hydrogen) atoms. The van der Waals surface area contributed by atoms with Crippen LogP contribution in [0.2, 0.25) is 0 Å². The molecule has 1 heterocycles. The Morgan fingerprint density at radius 3 is 2.50 bits per heavy atom. The van der Waals surface area contributed by atoms with E-state index >= 15 is 0 Å². The first-order valence-corrected chi connectivity index (χ1v) is 4.46. The maximum atomic E-state index is 5.74. The fraction of sp³-hybridized carbons (Fsp3) is 0.556. The molecule has 0 aromatic carbocycles. The average Bonchev–Trinajstić information content (AvgIpc) is 2.03. The average molecular weight is 185 g/mol. The van der Waals surface area contributed by atoms with Crippen LogP contribution in [0.3, 0.4) is 0 Å². The van der Waals surface area contributed by atoms with E-state index < -0.39 is 0 Å². The zero-order valence-corrected chi connectivity index (χ0v) is 8.39. The van der Waals surface area contributed by atoms with Crippen molar-refractivity contribution >= 4 is 11.6 Å². The molecular formula is C9H13ClN2. The molecule has 0 saturated carbocycles. The van der Waals surface area contributed by atoms with E-state index in [0.717, 1.165) is 5.69 Å². The van der Waals surface area contributed by atoms with Crippen LogP contribution in [0.4, 0.5) is 0 Å². The normalized spacial score (nSPS) is 11.7. The van der Waals surface area contributed by atoms with Crippen molar-refractivity contribution in [1.82, 2.24) is 10.2 Å². The molecule has 0 radical (unpaired) electrons. The van der Waals surface area contributed by atoms with Crippen LogP contribution in [0, 0.1) is 0 Å². The molecule has 0 unspecified atom stereocenters. The number of hydrogen-bond donors (Lipinski definition) is 0. The lowest BCUT2D eigenvalue weighted by molar-refractivity contribution is 0.577. The number of halogens is 1. The van der Waals surface area contributed by atoms with Crippen LogP contribution in [0.5, 0.6) is 0 Å². The minimum Gasteiger partial charge on any atom is -0.159 e. The third kappa shape index (κ3) is 1.95. The summed E-state index contributed by atoms with van der Waals surface area (Å²) in [7, 11) is 0. The van der Waals surface area contributed by atoms with Crippen molar-refractivity contribution in [2.45, 2.75) is 32.1 Å².